The third-order valence-corrected chi connectivity index (χ3v) is 7.36. The van der Waals surface area contributed by atoms with E-state index in [9.17, 15) is 14.7 Å². The van der Waals surface area contributed by atoms with E-state index >= 15 is 0 Å². The Morgan fingerprint density at radius 3 is 1.35 bits per heavy atom. The lowest BCUT2D eigenvalue weighted by molar-refractivity contribution is -0.161. The number of hydrogen-bond acceptors (Lipinski definition) is 5. The lowest BCUT2D eigenvalue weighted by Crippen LogP contribution is -2.28. The standard InChI is InChI=1S/C43H68O5/c1-3-5-7-9-11-13-15-17-19-20-21-22-24-25-27-29-31-33-35-37-42(45)47-40-41(39-44)48-43(46)38-36-34-32-30-28-26-23-18-16-14-12-10-8-6-4-2/h6,8,11-14,17-19,21-23,25,27-28,30,41,44H,3-5,7,9-10,15-16,20,24,26,29,31-40H2,1-2H3/t41-/m0/s1. The molecule has 0 spiro atoms. The second-order valence-electron chi connectivity index (χ2n) is 11.9. The van der Waals surface area contributed by atoms with Crippen molar-refractivity contribution in [2.24, 2.45) is 0 Å². The van der Waals surface area contributed by atoms with Gasteiger partial charge in [0.2, 0.25) is 0 Å². The summed E-state index contributed by atoms with van der Waals surface area (Å²) >= 11 is 0. The van der Waals surface area contributed by atoms with Crippen LogP contribution < -0.4 is 0 Å². The lowest BCUT2D eigenvalue weighted by Gasteiger charge is -2.15. The van der Waals surface area contributed by atoms with E-state index in [1.165, 1.54) is 25.7 Å². The molecular weight excluding hydrogens is 596 g/mol. The van der Waals surface area contributed by atoms with Crippen LogP contribution in [0.3, 0.4) is 0 Å². The highest BCUT2D eigenvalue weighted by Gasteiger charge is 2.15. The van der Waals surface area contributed by atoms with Crippen molar-refractivity contribution in [3.05, 3.63) is 97.2 Å². The second-order valence-corrected chi connectivity index (χ2v) is 11.9. The molecule has 5 nitrogen and oxygen atoms in total. The fourth-order valence-electron chi connectivity index (χ4n) is 4.53. The van der Waals surface area contributed by atoms with Gasteiger partial charge >= 0.3 is 11.9 Å². The minimum atomic E-state index is -0.812. The van der Waals surface area contributed by atoms with Gasteiger partial charge in [0.25, 0.3) is 0 Å². The van der Waals surface area contributed by atoms with Gasteiger partial charge in [-0.1, -0.05) is 130 Å². The molecule has 0 aromatic heterocycles. The topological polar surface area (TPSA) is 72.8 Å². The van der Waals surface area contributed by atoms with E-state index in [4.69, 9.17) is 9.47 Å². The molecule has 270 valence electrons. The maximum Gasteiger partial charge on any atom is 0.306 e. The van der Waals surface area contributed by atoms with Crippen LogP contribution in [0, 0.1) is 0 Å². The van der Waals surface area contributed by atoms with Gasteiger partial charge in [0.15, 0.2) is 6.10 Å². The number of aliphatic hydroxyl groups is 1. The highest BCUT2D eigenvalue weighted by molar-refractivity contribution is 5.70. The zero-order valence-corrected chi connectivity index (χ0v) is 30.5. The Balaban J connectivity index is 3.75. The quantitative estimate of drug-likeness (QED) is 0.0440. The Hall–Kier alpha value is -3.18. The highest BCUT2D eigenvalue weighted by Crippen LogP contribution is 2.08. The van der Waals surface area contributed by atoms with Crippen LogP contribution in [0.2, 0.25) is 0 Å². The number of unbranched alkanes of at least 4 members (excludes halogenated alkanes) is 8. The molecule has 0 unspecified atom stereocenters. The number of ether oxygens (including phenoxy) is 2. The van der Waals surface area contributed by atoms with Crippen LogP contribution in [0.25, 0.3) is 0 Å². The van der Waals surface area contributed by atoms with Crippen LogP contribution in [0.5, 0.6) is 0 Å². The summed E-state index contributed by atoms with van der Waals surface area (Å²) < 4.78 is 10.5. The van der Waals surface area contributed by atoms with Crippen molar-refractivity contribution in [2.45, 2.75) is 148 Å². The summed E-state index contributed by atoms with van der Waals surface area (Å²) in [4.78, 5) is 24.2. The fourth-order valence-corrected chi connectivity index (χ4v) is 4.53. The smallest absolute Gasteiger partial charge is 0.306 e. The van der Waals surface area contributed by atoms with Crippen molar-refractivity contribution in [3.63, 3.8) is 0 Å². The third kappa shape index (κ3) is 35.7. The Bertz CT molecular complexity index is 979. The zero-order chi connectivity index (χ0) is 35.0. The molecule has 0 heterocycles. The number of aliphatic hydroxyl groups excluding tert-OH is 1. The molecule has 48 heavy (non-hydrogen) atoms. The molecule has 0 aliphatic heterocycles. The van der Waals surface area contributed by atoms with Crippen molar-refractivity contribution in [1.29, 1.82) is 0 Å². The molecule has 1 N–H and O–H groups in total. The molecule has 0 rings (SSSR count). The van der Waals surface area contributed by atoms with E-state index in [0.717, 1.165) is 89.9 Å². The molecule has 0 bridgehead atoms. The summed E-state index contributed by atoms with van der Waals surface area (Å²) in [6.07, 6.45) is 53.2. The SMILES string of the molecule is CCC=CCC=CCC=CCC=CCCCCC(=O)O[C@@H](CO)COC(=O)CCCCCC=CCC=CCC=CCC=CCCCCC. The molecule has 0 aromatic carbocycles. The number of hydrogen-bond donors (Lipinski definition) is 1. The molecule has 0 saturated heterocycles. The Morgan fingerprint density at radius 1 is 0.500 bits per heavy atom. The second kappa shape index (κ2) is 38.3. The van der Waals surface area contributed by atoms with E-state index in [1.54, 1.807) is 0 Å². The van der Waals surface area contributed by atoms with Crippen molar-refractivity contribution in [2.75, 3.05) is 13.2 Å². The molecule has 0 aliphatic carbocycles. The van der Waals surface area contributed by atoms with Crippen LogP contribution in [-0.4, -0.2) is 36.4 Å². The summed E-state index contributed by atoms with van der Waals surface area (Å²) in [5.74, 6) is -0.688. The first-order chi connectivity index (χ1) is 23.6. The van der Waals surface area contributed by atoms with Gasteiger partial charge in [0.1, 0.15) is 6.61 Å². The molecule has 0 aromatic rings. The van der Waals surface area contributed by atoms with Gasteiger partial charge in [-0.15, -0.1) is 0 Å². The first kappa shape index (κ1) is 44.8. The number of allylic oxidation sites excluding steroid dienone is 16. The van der Waals surface area contributed by atoms with Gasteiger partial charge in [0, 0.05) is 12.8 Å². The number of carbonyl (C=O) groups is 2. The Kier molecular flexibility index (Phi) is 35.7. The molecular formula is C43H68O5. The molecule has 0 saturated carbocycles. The first-order valence-electron chi connectivity index (χ1n) is 18.8. The average Bonchev–Trinajstić information content (AvgIpc) is 3.09. The molecule has 5 heteroatoms. The minimum Gasteiger partial charge on any atom is -0.462 e. The largest absolute Gasteiger partial charge is 0.462 e. The van der Waals surface area contributed by atoms with Crippen LogP contribution in [-0.2, 0) is 19.1 Å². The maximum atomic E-state index is 12.1. The van der Waals surface area contributed by atoms with E-state index in [-0.39, 0.29) is 31.6 Å². The average molecular weight is 665 g/mol. The van der Waals surface area contributed by atoms with Crippen molar-refractivity contribution < 1.29 is 24.2 Å². The predicted molar refractivity (Wildman–Crippen MR) is 205 cm³/mol. The van der Waals surface area contributed by atoms with Crippen molar-refractivity contribution in [1.82, 2.24) is 0 Å². The maximum absolute atomic E-state index is 12.1. The van der Waals surface area contributed by atoms with E-state index < -0.39 is 6.10 Å². The van der Waals surface area contributed by atoms with Gasteiger partial charge in [-0.25, -0.2) is 0 Å². The normalized spacial score (nSPS) is 13.3. The van der Waals surface area contributed by atoms with E-state index in [1.807, 2.05) is 0 Å². The Labute approximate surface area is 294 Å². The fraction of sp³-hybridized carbons (Fsp3) is 0.581. The molecule has 0 aliphatic rings. The van der Waals surface area contributed by atoms with Crippen molar-refractivity contribution in [3.8, 4) is 0 Å². The predicted octanol–water partition coefficient (Wildman–Crippen LogP) is 11.7. The van der Waals surface area contributed by atoms with Crippen molar-refractivity contribution >= 4 is 11.9 Å². The number of carbonyl (C=O) groups excluding carboxylic acids is 2. The Morgan fingerprint density at radius 2 is 0.896 bits per heavy atom. The third-order valence-electron chi connectivity index (χ3n) is 7.36. The summed E-state index contributed by atoms with van der Waals surface area (Å²) in [6, 6.07) is 0. The van der Waals surface area contributed by atoms with Gasteiger partial charge < -0.3 is 14.6 Å². The first-order valence-corrected chi connectivity index (χ1v) is 18.8. The monoisotopic (exact) mass is 665 g/mol. The number of rotatable bonds is 32. The van der Waals surface area contributed by atoms with E-state index in [0.29, 0.717) is 6.42 Å². The molecule has 1 atom stereocenters. The molecule has 0 radical (unpaired) electrons. The van der Waals surface area contributed by atoms with Gasteiger partial charge in [-0.05, 0) is 96.3 Å². The summed E-state index contributed by atoms with van der Waals surface area (Å²) in [5.41, 5.74) is 0. The lowest BCUT2D eigenvalue weighted by atomic mass is 10.1. The highest BCUT2D eigenvalue weighted by atomic mass is 16.6. The van der Waals surface area contributed by atoms with Gasteiger partial charge in [-0.2, -0.15) is 0 Å². The zero-order valence-electron chi connectivity index (χ0n) is 30.5. The van der Waals surface area contributed by atoms with Crippen LogP contribution in [0.1, 0.15) is 142 Å². The summed E-state index contributed by atoms with van der Waals surface area (Å²) in [7, 11) is 0. The summed E-state index contributed by atoms with van der Waals surface area (Å²) in [5, 5.41) is 9.53. The van der Waals surface area contributed by atoms with Gasteiger partial charge in [0.05, 0.1) is 6.61 Å². The minimum absolute atomic E-state index is 0.106. The molecule has 0 amide bonds. The number of esters is 2. The van der Waals surface area contributed by atoms with Crippen LogP contribution >= 0.6 is 0 Å². The summed E-state index contributed by atoms with van der Waals surface area (Å²) in [6.45, 7) is 3.90. The van der Waals surface area contributed by atoms with Crippen LogP contribution in [0.4, 0.5) is 0 Å². The van der Waals surface area contributed by atoms with Gasteiger partial charge in [-0.3, -0.25) is 9.59 Å². The van der Waals surface area contributed by atoms with Crippen LogP contribution in [0.15, 0.2) is 97.2 Å². The van der Waals surface area contributed by atoms with E-state index in [2.05, 4.69) is 111 Å². The molecule has 0 fully saturated rings.